The summed E-state index contributed by atoms with van der Waals surface area (Å²) in [6.07, 6.45) is 0.678. The number of nitrogens with zero attached hydrogens (tertiary/aromatic N) is 2. The van der Waals surface area contributed by atoms with E-state index in [1.807, 2.05) is 30.3 Å². The first-order chi connectivity index (χ1) is 8.68. The third kappa shape index (κ3) is 2.88. The summed E-state index contributed by atoms with van der Waals surface area (Å²) in [5.74, 6) is 0.627. The molecule has 1 heterocycles. The van der Waals surface area contributed by atoms with Crippen molar-refractivity contribution < 1.29 is 5.11 Å². The maximum absolute atomic E-state index is 9.96. The molecule has 1 atom stereocenters. The van der Waals surface area contributed by atoms with Crippen molar-refractivity contribution >= 4 is 23.2 Å². The number of nitrogen functional groups attached to an aromatic ring is 1. The van der Waals surface area contributed by atoms with Gasteiger partial charge < -0.3 is 16.2 Å². The highest BCUT2D eigenvalue weighted by Crippen LogP contribution is 2.24. The fraction of sp³-hybridized carbons (Fsp3) is 0.167. The van der Waals surface area contributed by atoms with E-state index < -0.39 is 6.10 Å². The number of anilines is 2. The Kier molecular flexibility index (Phi) is 3.96. The number of aliphatic hydroxyl groups excluding tert-OH is 1. The van der Waals surface area contributed by atoms with Crippen molar-refractivity contribution in [1.82, 2.24) is 9.97 Å². The van der Waals surface area contributed by atoms with Gasteiger partial charge in [0.2, 0.25) is 0 Å². The molecule has 18 heavy (non-hydrogen) atoms. The molecule has 0 aliphatic carbocycles. The van der Waals surface area contributed by atoms with E-state index in [4.69, 9.17) is 17.3 Å². The van der Waals surface area contributed by atoms with Crippen molar-refractivity contribution in [3.8, 4) is 0 Å². The van der Waals surface area contributed by atoms with Gasteiger partial charge in [-0.3, -0.25) is 0 Å². The monoisotopic (exact) mass is 264 g/mol. The van der Waals surface area contributed by atoms with Crippen LogP contribution in [0.15, 0.2) is 36.7 Å². The predicted octanol–water partition coefficient (Wildman–Crippen LogP) is 1.86. The van der Waals surface area contributed by atoms with Crippen LogP contribution in [-0.2, 0) is 0 Å². The highest BCUT2D eigenvalue weighted by molar-refractivity contribution is 6.35. The van der Waals surface area contributed by atoms with Crippen molar-refractivity contribution in [2.75, 3.05) is 17.6 Å². The van der Waals surface area contributed by atoms with Crippen molar-refractivity contribution in [1.29, 1.82) is 0 Å². The third-order valence-corrected chi connectivity index (χ3v) is 2.84. The molecule has 0 aliphatic rings. The largest absolute Gasteiger partial charge is 0.387 e. The van der Waals surface area contributed by atoms with Crippen molar-refractivity contribution in [2.45, 2.75) is 6.10 Å². The number of hydrogen-bond donors (Lipinski definition) is 3. The zero-order chi connectivity index (χ0) is 13.0. The topological polar surface area (TPSA) is 84.1 Å². The number of benzene rings is 1. The molecular weight excluding hydrogens is 252 g/mol. The summed E-state index contributed by atoms with van der Waals surface area (Å²) in [6.45, 7) is 0.292. The van der Waals surface area contributed by atoms with Crippen LogP contribution in [0.4, 0.5) is 11.6 Å². The van der Waals surface area contributed by atoms with E-state index in [9.17, 15) is 5.11 Å². The Morgan fingerprint density at radius 2 is 2.00 bits per heavy atom. The molecule has 5 nitrogen and oxygen atoms in total. The van der Waals surface area contributed by atoms with E-state index in [1.165, 1.54) is 6.33 Å². The number of rotatable bonds is 4. The quantitative estimate of drug-likeness (QED) is 0.785. The summed E-state index contributed by atoms with van der Waals surface area (Å²) in [4.78, 5) is 7.72. The average Bonchev–Trinajstić information content (AvgIpc) is 2.41. The molecule has 0 fully saturated rings. The van der Waals surface area contributed by atoms with Crippen LogP contribution in [0.2, 0.25) is 5.02 Å². The minimum absolute atomic E-state index is 0.211. The molecule has 94 valence electrons. The van der Waals surface area contributed by atoms with E-state index in [-0.39, 0.29) is 10.8 Å². The van der Waals surface area contributed by atoms with Gasteiger partial charge in [-0.1, -0.05) is 41.9 Å². The minimum atomic E-state index is -0.640. The highest BCUT2D eigenvalue weighted by atomic mass is 35.5. The van der Waals surface area contributed by atoms with Crippen molar-refractivity contribution in [3.05, 3.63) is 47.2 Å². The van der Waals surface area contributed by atoms with Gasteiger partial charge in [0.05, 0.1) is 6.10 Å². The van der Waals surface area contributed by atoms with Gasteiger partial charge in [-0.15, -0.1) is 0 Å². The molecule has 0 aliphatic heterocycles. The number of aliphatic hydroxyl groups is 1. The van der Waals surface area contributed by atoms with Gasteiger partial charge in [-0.05, 0) is 5.56 Å². The van der Waals surface area contributed by atoms with Crippen LogP contribution in [-0.4, -0.2) is 21.6 Å². The number of aromatic nitrogens is 2. The molecule has 4 N–H and O–H groups in total. The molecule has 0 radical (unpaired) electrons. The van der Waals surface area contributed by atoms with Crippen LogP contribution in [0.1, 0.15) is 11.7 Å². The van der Waals surface area contributed by atoms with Crippen LogP contribution >= 0.6 is 11.6 Å². The van der Waals surface area contributed by atoms with Crippen LogP contribution in [0.25, 0.3) is 0 Å². The molecule has 0 saturated carbocycles. The van der Waals surface area contributed by atoms with Gasteiger partial charge >= 0.3 is 0 Å². The van der Waals surface area contributed by atoms with Crippen LogP contribution in [0.3, 0.4) is 0 Å². The van der Waals surface area contributed by atoms with E-state index in [0.717, 1.165) is 5.56 Å². The molecule has 2 aromatic rings. The molecule has 2 rings (SSSR count). The lowest BCUT2D eigenvalue weighted by atomic mass is 10.1. The fourth-order valence-electron chi connectivity index (χ4n) is 1.49. The van der Waals surface area contributed by atoms with E-state index in [2.05, 4.69) is 15.3 Å². The normalized spacial score (nSPS) is 12.1. The highest BCUT2D eigenvalue weighted by Gasteiger charge is 2.10. The number of hydrogen-bond acceptors (Lipinski definition) is 5. The molecule has 0 amide bonds. The predicted molar refractivity (Wildman–Crippen MR) is 71.3 cm³/mol. The Morgan fingerprint density at radius 1 is 1.28 bits per heavy atom. The third-order valence-electron chi connectivity index (χ3n) is 2.46. The summed E-state index contributed by atoms with van der Waals surface area (Å²) in [6, 6.07) is 9.33. The first-order valence-electron chi connectivity index (χ1n) is 5.41. The number of halogens is 1. The summed E-state index contributed by atoms with van der Waals surface area (Å²) in [5, 5.41) is 13.2. The Bertz CT molecular complexity index is 521. The lowest BCUT2D eigenvalue weighted by Gasteiger charge is -2.13. The van der Waals surface area contributed by atoms with Gasteiger partial charge in [-0.2, -0.15) is 0 Å². The average molecular weight is 265 g/mol. The van der Waals surface area contributed by atoms with Gasteiger partial charge in [0.15, 0.2) is 5.82 Å². The summed E-state index contributed by atoms with van der Waals surface area (Å²) >= 11 is 5.93. The standard InChI is InChI=1S/C12H13ClN4O/c13-10-11(14)16-7-17-12(10)15-6-9(18)8-4-2-1-3-5-8/h1-5,7,9,18H,6H2,(H3,14,15,16,17). The summed E-state index contributed by atoms with van der Waals surface area (Å²) in [7, 11) is 0. The molecule has 1 aromatic heterocycles. The lowest BCUT2D eigenvalue weighted by molar-refractivity contribution is 0.191. The number of nitrogens with one attached hydrogen (secondary N) is 1. The summed E-state index contributed by atoms with van der Waals surface area (Å²) in [5.41, 5.74) is 6.37. The van der Waals surface area contributed by atoms with Crippen LogP contribution in [0.5, 0.6) is 0 Å². The Morgan fingerprint density at radius 3 is 2.72 bits per heavy atom. The van der Waals surface area contributed by atoms with Gasteiger partial charge in [0.25, 0.3) is 0 Å². The molecular formula is C12H13ClN4O. The first kappa shape index (κ1) is 12.6. The smallest absolute Gasteiger partial charge is 0.150 e. The second kappa shape index (κ2) is 5.66. The fourth-order valence-corrected chi connectivity index (χ4v) is 1.66. The van der Waals surface area contributed by atoms with Gasteiger partial charge in [0.1, 0.15) is 17.2 Å². The van der Waals surface area contributed by atoms with E-state index in [0.29, 0.717) is 12.4 Å². The van der Waals surface area contributed by atoms with Crippen LogP contribution < -0.4 is 11.1 Å². The molecule has 0 spiro atoms. The zero-order valence-corrected chi connectivity index (χ0v) is 10.3. The van der Waals surface area contributed by atoms with E-state index >= 15 is 0 Å². The van der Waals surface area contributed by atoms with Crippen molar-refractivity contribution in [3.63, 3.8) is 0 Å². The molecule has 0 bridgehead atoms. The Balaban J connectivity index is 2.02. The minimum Gasteiger partial charge on any atom is -0.387 e. The van der Waals surface area contributed by atoms with Crippen LogP contribution in [0, 0.1) is 0 Å². The molecule has 1 unspecified atom stereocenters. The second-order valence-corrected chi connectivity index (χ2v) is 4.11. The van der Waals surface area contributed by atoms with Gasteiger partial charge in [0, 0.05) is 6.54 Å². The maximum atomic E-state index is 9.96. The Labute approximate surface area is 110 Å². The molecule has 0 saturated heterocycles. The SMILES string of the molecule is Nc1ncnc(NCC(O)c2ccccc2)c1Cl. The lowest BCUT2D eigenvalue weighted by Crippen LogP contribution is -2.13. The summed E-state index contributed by atoms with van der Waals surface area (Å²) < 4.78 is 0. The van der Waals surface area contributed by atoms with Gasteiger partial charge in [-0.25, -0.2) is 9.97 Å². The first-order valence-corrected chi connectivity index (χ1v) is 5.79. The van der Waals surface area contributed by atoms with E-state index in [1.54, 1.807) is 0 Å². The second-order valence-electron chi connectivity index (χ2n) is 3.73. The number of nitrogens with two attached hydrogens (primary N) is 1. The zero-order valence-electron chi connectivity index (χ0n) is 9.55. The Hall–Kier alpha value is -1.85. The maximum Gasteiger partial charge on any atom is 0.150 e. The van der Waals surface area contributed by atoms with Crippen molar-refractivity contribution in [2.24, 2.45) is 0 Å². The molecule has 6 heteroatoms. The molecule has 1 aromatic carbocycles.